The van der Waals surface area contributed by atoms with Crippen molar-refractivity contribution >= 4 is 23.6 Å². The molecule has 0 unspecified atom stereocenters. The van der Waals surface area contributed by atoms with E-state index in [9.17, 15) is 4.79 Å². The van der Waals surface area contributed by atoms with Gasteiger partial charge in [0.15, 0.2) is 0 Å². The van der Waals surface area contributed by atoms with Crippen molar-refractivity contribution in [2.45, 2.75) is 30.6 Å². The lowest BCUT2D eigenvalue weighted by atomic mass is 10.0. The quantitative estimate of drug-likeness (QED) is 0.249. The van der Waals surface area contributed by atoms with Gasteiger partial charge in [0, 0.05) is 16.9 Å². The zero-order valence-electron chi connectivity index (χ0n) is 14.8. The Kier molecular flexibility index (Phi) is 7.53. The molecule has 0 radical (unpaired) electrons. The van der Waals surface area contributed by atoms with E-state index < -0.39 is 5.97 Å². The Balaban J connectivity index is 1.98. The van der Waals surface area contributed by atoms with Crippen LogP contribution in [-0.2, 0) is 4.79 Å². The van der Waals surface area contributed by atoms with Gasteiger partial charge in [0.2, 0.25) is 0 Å². The van der Waals surface area contributed by atoms with Gasteiger partial charge in [-0.05, 0) is 48.8 Å². The van der Waals surface area contributed by atoms with Crippen molar-refractivity contribution in [2.75, 3.05) is 12.9 Å². The third kappa shape index (κ3) is 5.81. The number of nitrogens with one attached hydrogen (secondary N) is 1. The summed E-state index contributed by atoms with van der Waals surface area (Å²) in [4.78, 5) is 11.5. The lowest BCUT2D eigenvalue weighted by Gasteiger charge is -2.12. The first-order valence-corrected chi connectivity index (χ1v) is 9.71. The van der Waals surface area contributed by atoms with Crippen molar-refractivity contribution in [1.29, 1.82) is 5.41 Å². The van der Waals surface area contributed by atoms with Gasteiger partial charge in [-0.15, -0.1) is 11.8 Å². The molecule has 0 spiro atoms. The second kappa shape index (κ2) is 9.87. The van der Waals surface area contributed by atoms with E-state index in [0.717, 1.165) is 34.6 Å². The topological polar surface area (TPSA) is 96.4 Å². The molecule has 0 saturated carbocycles. The first-order chi connectivity index (χ1) is 12.5. The normalized spacial score (nSPS) is 10.5. The molecule has 2 rings (SSSR count). The molecule has 0 amide bonds. The molecule has 138 valence electrons. The Morgan fingerprint density at radius 1 is 1.12 bits per heavy atom. The first-order valence-electron chi connectivity index (χ1n) is 8.48. The van der Waals surface area contributed by atoms with Crippen LogP contribution in [0, 0.1) is 5.41 Å². The van der Waals surface area contributed by atoms with Crippen molar-refractivity contribution in [1.82, 2.24) is 0 Å². The van der Waals surface area contributed by atoms with Crippen molar-refractivity contribution in [3.05, 3.63) is 48.0 Å². The number of benzene rings is 2. The number of carboxylic acid groups (broad SMARTS) is 1. The van der Waals surface area contributed by atoms with E-state index in [1.54, 1.807) is 11.8 Å². The maximum atomic E-state index is 10.5. The van der Waals surface area contributed by atoms with Crippen molar-refractivity contribution < 1.29 is 14.6 Å². The SMILES string of the molecule is CSc1cc(-c2ccc(C(=N)N)cc2)ccc1OCCCCCC(=O)O. The molecule has 0 atom stereocenters. The molecule has 0 bridgehead atoms. The van der Waals surface area contributed by atoms with Crippen LogP contribution >= 0.6 is 11.8 Å². The zero-order valence-corrected chi connectivity index (χ0v) is 15.6. The highest BCUT2D eigenvalue weighted by Crippen LogP contribution is 2.33. The predicted molar refractivity (Wildman–Crippen MR) is 106 cm³/mol. The van der Waals surface area contributed by atoms with Gasteiger partial charge < -0.3 is 15.6 Å². The van der Waals surface area contributed by atoms with Crippen LogP contribution in [0.15, 0.2) is 47.4 Å². The number of thioether (sulfide) groups is 1. The lowest BCUT2D eigenvalue weighted by Crippen LogP contribution is -2.10. The van der Waals surface area contributed by atoms with Crippen LogP contribution in [0.2, 0.25) is 0 Å². The highest BCUT2D eigenvalue weighted by molar-refractivity contribution is 7.98. The molecule has 5 nitrogen and oxygen atoms in total. The van der Waals surface area contributed by atoms with Crippen LogP contribution in [-0.4, -0.2) is 29.8 Å². The van der Waals surface area contributed by atoms with Gasteiger partial charge in [-0.25, -0.2) is 0 Å². The second-order valence-electron chi connectivity index (χ2n) is 5.91. The number of aliphatic carboxylic acids is 1. The van der Waals surface area contributed by atoms with E-state index in [1.807, 2.05) is 42.7 Å². The van der Waals surface area contributed by atoms with Crippen molar-refractivity contribution in [3.63, 3.8) is 0 Å². The third-order valence-electron chi connectivity index (χ3n) is 3.99. The smallest absolute Gasteiger partial charge is 0.303 e. The summed E-state index contributed by atoms with van der Waals surface area (Å²) in [7, 11) is 0. The summed E-state index contributed by atoms with van der Waals surface area (Å²) in [6.45, 7) is 0.583. The van der Waals surface area contributed by atoms with Gasteiger partial charge in [0.25, 0.3) is 0 Å². The van der Waals surface area contributed by atoms with Gasteiger partial charge in [0.1, 0.15) is 11.6 Å². The molecule has 6 heteroatoms. The Bertz CT molecular complexity index is 760. The fraction of sp³-hybridized carbons (Fsp3) is 0.300. The third-order valence-corrected chi connectivity index (χ3v) is 4.74. The van der Waals surface area contributed by atoms with Crippen LogP contribution < -0.4 is 10.5 Å². The fourth-order valence-corrected chi connectivity index (χ4v) is 3.12. The molecule has 0 aliphatic rings. The number of hydrogen-bond acceptors (Lipinski definition) is 4. The fourth-order valence-electron chi connectivity index (χ4n) is 2.55. The number of carbonyl (C=O) groups is 1. The van der Waals surface area contributed by atoms with E-state index in [1.165, 1.54) is 0 Å². The molecule has 0 aliphatic heterocycles. The molecule has 0 heterocycles. The molecule has 2 aromatic carbocycles. The van der Waals surface area contributed by atoms with Crippen LogP contribution in [0.1, 0.15) is 31.2 Å². The first kappa shape index (κ1) is 19.8. The lowest BCUT2D eigenvalue weighted by molar-refractivity contribution is -0.137. The van der Waals surface area contributed by atoms with Crippen LogP contribution in [0.4, 0.5) is 0 Å². The summed E-state index contributed by atoms with van der Waals surface area (Å²) in [5.74, 6) is 0.163. The minimum Gasteiger partial charge on any atom is -0.492 e. The number of amidine groups is 1. The summed E-state index contributed by atoms with van der Waals surface area (Å²) in [5.41, 5.74) is 8.35. The number of nitrogens with two attached hydrogens (primary N) is 1. The highest BCUT2D eigenvalue weighted by atomic mass is 32.2. The Morgan fingerprint density at radius 2 is 1.81 bits per heavy atom. The second-order valence-corrected chi connectivity index (χ2v) is 6.76. The van der Waals surface area contributed by atoms with Gasteiger partial charge in [-0.1, -0.05) is 30.3 Å². The molecule has 26 heavy (non-hydrogen) atoms. The highest BCUT2D eigenvalue weighted by Gasteiger charge is 2.07. The molecule has 4 N–H and O–H groups in total. The van der Waals surface area contributed by atoms with Crippen LogP contribution in [0.25, 0.3) is 11.1 Å². The number of nitrogen functional groups attached to an aromatic ring is 1. The standard InChI is InChI=1S/C20H24N2O3S/c1-26-18-13-16(14-6-8-15(9-7-14)20(21)22)10-11-17(18)25-12-4-2-3-5-19(23)24/h6-11,13H,2-5,12H2,1H3,(H3,21,22)(H,23,24). The summed E-state index contributed by atoms with van der Waals surface area (Å²) in [5, 5.41) is 16.1. The molecule has 0 saturated heterocycles. The summed E-state index contributed by atoms with van der Waals surface area (Å²) in [6.07, 6.45) is 4.60. The van der Waals surface area contributed by atoms with Crippen LogP contribution in [0.3, 0.4) is 0 Å². The van der Waals surface area contributed by atoms with Crippen LogP contribution in [0.5, 0.6) is 5.75 Å². The summed E-state index contributed by atoms with van der Waals surface area (Å²) < 4.78 is 5.86. The molecule has 2 aromatic rings. The average molecular weight is 372 g/mol. The molecule has 0 aliphatic carbocycles. The average Bonchev–Trinajstić information content (AvgIpc) is 2.64. The number of hydrogen-bond donors (Lipinski definition) is 3. The maximum Gasteiger partial charge on any atom is 0.303 e. The van der Waals surface area contributed by atoms with Gasteiger partial charge >= 0.3 is 5.97 Å². The summed E-state index contributed by atoms with van der Waals surface area (Å²) >= 11 is 1.63. The van der Waals surface area contributed by atoms with E-state index in [2.05, 4.69) is 6.07 Å². The number of ether oxygens (including phenoxy) is 1. The molecule has 0 aromatic heterocycles. The van der Waals surface area contributed by atoms with Crippen molar-refractivity contribution in [2.24, 2.45) is 5.73 Å². The van der Waals surface area contributed by atoms with Gasteiger partial charge in [-0.3, -0.25) is 10.2 Å². The zero-order chi connectivity index (χ0) is 18.9. The van der Waals surface area contributed by atoms with Crippen molar-refractivity contribution in [3.8, 4) is 16.9 Å². The number of carboxylic acids is 1. The largest absolute Gasteiger partial charge is 0.492 e. The Morgan fingerprint density at radius 3 is 2.42 bits per heavy atom. The minimum absolute atomic E-state index is 0.0634. The maximum absolute atomic E-state index is 10.5. The Labute approximate surface area is 158 Å². The van der Waals surface area contributed by atoms with E-state index in [4.69, 9.17) is 21.0 Å². The number of rotatable bonds is 10. The minimum atomic E-state index is -0.748. The predicted octanol–water partition coefficient (Wildman–Crippen LogP) is 4.38. The summed E-state index contributed by atoms with van der Waals surface area (Å²) in [6, 6.07) is 13.7. The molecular formula is C20H24N2O3S. The van der Waals surface area contributed by atoms with E-state index in [0.29, 0.717) is 18.6 Å². The number of unbranched alkanes of at least 4 members (excludes halogenated alkanes) is 2. The van der Waals surface area contributed by atoms with Gasteiger partial charge in [-0.2, -0.15) is 0 Å². The molecular weight excluding hydrogens is 348 g/mol. The Hall–Kier alpha value is -2.47. The monoisotopic (exact) mass is 372 g/mol. The van der Waals surface area contributed by atoms with E-state index in [-0.39, 0.29) is 12.3 Å². The van der Waals surface area contributed by atoms with E-state index >= 15 is 0 Å². The molecule has 0 fully saturated rings. The van der Waals surface area contributed by atoms with Gasteiger partial charge in [0.05, 0.1) is 6.61 Å².